The Morgan fingerprint density at radius 3 is 2.78 bits per heavy atom. The van der Waals surface area contributed by atoms with Crippen LogP contribution in [-0.2, 0) is 10.2 Å². The Hall–Kier alpha value is -2.96. The summed E-state index contributed by atoms with van der Waals surface area (Å²) in [5.74, 6) is 0.588. The van der Waals surface area contributed by atoms with Gasteiger partial charge in [0.2, 0.25) is 5.91 Å². The third-order valence-corrected chi connectivity index (χ3v) is 5.95. The van der Waals surface area contributed by atoms with E-state index in [1.165, 1.54) is 6.20 Å². The molecule has 7 nitrogen and oxygen atoms in total. The molecule has 1 aromatic heterocycles. The molecule has 0 saturated carbocycles. The van der Waals surface area contributed by atoms with Crippen molar-refractivity contribution < 1.29 is 9.59 Å². The van der Waals surface area contributed by atoms with E-state index in [-0.39, 0.29) is 11.8 Å². The van der Waals surface area contributed by atoms with Gasteiger partial charge >= 0.3 is 0 Å². The number of carbonyl (C=O) groups excluding carboxylic acids is 2. The summed E-state index contributed by atoms with van der Waals surface area (Å²) in [6.07, 6.45) is 6.15. The minimum atomic E-state index is -0.647. The number of hydrogen-bond donors (Lipinski definition) is 1. The molecule has 27 heavy (non-hydrogen) atoms. The summed E-state index contributed by atoms with van der Waals surface area (Å²) in [5.41, 5.74) is 1.55. The fourth-order valence-corrected chi connectivity index (χ4v) is 4.48. The van der Waals surface area contributed by atoms with Crippen LogP contribution < -0.4 is 10.2 Å². The molecule has 2 aromatic rings. The average molecular weight is 363 g/mol. The third-order valence-electron chi connectivity index (χ3n) is 5.95. The number of para-hydroxylation sites is 1. The van der Waals surface area contributed by atoms with Gasteiger partial charge in [-0.3, -0.25) is 14.6 Å². The monoisotopic (exact) mass is 363 g/mol. The number of carbonyl (C=O) groups is 2. The Kier molecular flexibility index (Phi) is 3.63. The van der Waals surface area contributed by atoms with Gasteiger partial charge in [-0.05, 0) is 30.9 Å². The van der Waals surface area contributed by atoms with Gasteiger partial charge < -0.3 is 15.1 Å². The first-order chi connectivity index (χ1) is 13.2. The molecule has 2 saturated heterocycles. The van der Waals surface area contributed by atoms with Crippen molar-refractivity contribution in [2.45, 2.75) is 24.7 Å². The second kappa shape index (κ2) is 6.04. The van der Waals surface area contributed by atoms with E-state index in [4.69, 9.17) is 0 Å². The first kappa shape index (κ1) is 16.2. The Labute approximate surface area is 157 Å². The van der Waals surface area contributed by atoms with Crippen molar-refractivity contribution in [3.8, 4) is 0 Å². The van der Waals surface area contributed by atoms with Crippen LogP contribution in [0.15, 0.2) is 36.7 Å². The van der Waals surface area contributed by atoms with Crippen molar-refractivity contribution in [3.63, 3.8) is 0 Å². The van der Waals surface area contributed by atoms with Crippen LogP contribution in [0.3, 0.4) is 0 Å². The predicted octanol–water partition coefficient (Wildman–Crippen LogP) is 1.81. The molecule has 5 rings (SSSR count). The molecule has 0 bridgehead atoms. The van der Waals surface area contributed by atoms with Gasteiger partial charge in [0, 0.05) is 31.9 Å². The highest BCUT2D eigenvalue weighted by molar-refractivity contribution is 6.07. The van der Waals surface area contributed by atoms with Gasteiger partial charge in [0.1, 0.15) is 11.5 Å². The van der Waals surface area contributed by atoms with Crippen LogP contribution >= 0.6 is 0 Å². The Morgan fingerprint density at radius 2 is 1.93 bits per heavy atom. The van der Waals surface area contributed by atoms with Gasteiger partial charge in [0.25, 0.3) is 5.91 Å². The number of rotatable bonds is 2. The van der Waals surface area contributed by atoms with E-state index < -0.39 is 5.41 Å². The highest BCUT2D eigenvalue weighted by atomic mass is 16.2. The van der Waals surface area contributed by atoms with Gasteiger partial charge in [-0.1, -0.05) is 18.2 Å². The second-order valence-corrected chi connectivity index (χ2v) is 7.52. The molecular weight excluding hydrogens is 342 g/mol. The van der Waals surface area contributed by atoms with Crippen molar-refractivity contribution in [2.75, 3.05) is 36.4 Å². The lowest BCUT2D eigenvalue weighted by Crippen LogP contribution is -2.39. The normalized spacial score (nSPS) is 23.8. The van der Waals surface area contributed by atoms with Crippen LogP contribution in [0.4, 0.5) is 11.5 Å². The first-order valence-corrected chi connectivity index (χ1v) is 9.45. The fourth-order valence-electron chi connectivity index (χ4n) is 4.48. The molecule has 1 spiro atoms. The van der Waals surface area contributed by atoms with E-state index in [9.17, 15) is 9.59 Å². The summed E-state index contributed by atoms with van der Waals surface area (Å²) in [6, 6.07) is 7.75. The van der Waals surface area contributed by atoms with Gasteiger partial charge in [0.15, 0.2) is 0 Å². The van der Waals surface area contributed by atoms with E-state index in [0.717, 1.165) is 43.0 Å². The van der Waals surface area contributed by atoms with Crippen LogP contribution in [-0.4, -0.2) is 52.9 Å². The second-order valence-electron chi connectivity index (χ2n) is 7.52. The molecular formula is C20H21N5O2. The predicted molar refractivity (Wildman–Crippen MR) is 101 cm³/mol. The van der Waals surface area contributed by atoms with E-state index in [1.807, 2.05) is 24.3 Å². The van der Waals surface area contributed by atoms with Crippen LogP contribution in [0, 0.1) is 0 Å². The number of hydrogen-bond acceptors (Lipinski definition) is 5. The minimum absolute atomic E-state index is 0.0177. The van der Waals surface area contributed by atoms with Crippen LogP contribution in [0.2, 0.25) is 0 Å². The third kappa shape index (κ3) is 2.49. The summed E-state index contributed by atoms with van der Waals surface area (Å²) in [6.45, 7) is 2.83. The van der Waals surface area contributed by atoms with Gasteiger partial charge in [0.05, 0.1) is 17.8 Å². The molecule has 138 valence electrons. The lowest BCUT2D eigenvalue weighted by Gasteiger charge is -2.22. The Balaban J connectivity index is 1.40. The summed E-state index contributed by atoms with van der Waals surface area (Å²) in [4.78, 5) is 38.4. The largest absolute Gasteiger partial charge is 0.355 e. The number of amides is 2. The summed E-state index contributed by atoms with van der Waals surface area (Å²) >= 11 is 0. The zero-order valence-electron chi connectivity index (χ0n) is 15.0. The van der Waals surface area contributed by atoms with Gasteiger partial charge in [-0.15, -0.1) is 0 Å². The summed E-state index contributed by atoms with van der Waals surface area (Å²) in [7, 11) is 0. The molecule has 4 heterocycles. The smallest absolute Gasteiger partial charge is 0.274 e. The van der Waals surface area contributed by atoms with Crippen molar-refractivity contribution in [1.82, 2.24) is 14.9 Å². The number of fused-ring (bicyclic) bond motifs is 2. The summed E-state index contributed by atoms with van der Waals surface area (Å²) < 4.78 is 0. The number of aromatic nitrogens is 2. The maximum atomic E-state index is 13.0. The average Bonchev–Trinajstić information content (AvgIpc) is 3.43. The zero-order chi connectivity index (χ0) is 18.4. The molecule has 1 atom stereocenters. The molecule has 2 amide bonds. The quantitative estimate of drug-likeness (QED) is 0.880. The lowest BCUT2D eigenvalue weighted by atomic mass is 9.81. The molecule has 2 fully saturated rings. The number of nitrogens with zero attached hydrogens (tertiary/aromatic N) is 4. The minimum Gasteiger partial charge on any atom is -0.355 e. The molecule has 3 aliphatic heterocycles. The molecule has 7 heteroatoms. The van der Waals surface area contributed by atoms with E-state index in [1.54, 1.807) is 11.1 Å². The first-order valence-electron chi connectivity index (χ1n) is 9.45. The van der Waals surface area contributed by atoms with E-state index >= 15 is 0 Å². The number of anilines is 2. The van der Waals surface area contributed by atoms with E-state index in [2.05, 4.69) is 20.2 Å². The van der Waals surface area contributed by atoms with Gasteiger partial charge in [-0.25, -0.2) is 4.98 Å². The lowest BCUT2D eigenvalue weighted by molar-refractivity contribution is -0.120. The summed E-state index contributed by atoms with van der Waals surface area (Å²) in [5, 5.41) is 2.96. The molecule has 1 unspecified atom stereocenters. The van der Waals surface area contributed by atoms with Crippen LogP contribution in [0.5, 0.6) is 0 Å². The molecule has 0 radical (unpaired) electrons. The highest BCUT2D eigenvalue weighted by Gasteiger charge is 2.52. The maximum absolute atomic E-state index is 13.0. The molecule has 1 aromatic carbocycles. The van der Waals surface area contributed by atoms with Crippen molar-refractivity contribution >= 4 is 23.3 Å². The van der Waals surface area contributed by atoms with Crippen LogP contribution in [0.1, 0.15) is 35.3 Å². The number of nitrogens with one attached hydrogen (secondary N) is 1. The molecule has 1 N–H and O–H groups in total. The van der Waals surface area contributed by atoms with Crippen molar-refractivity contribution in [3.05, 3.63) is 47.9 Å². The highest BCUT2D eigenvalue weighted by Crippen LogP contribution is 2.44. The van der Waals surface area contributed by atoms with Crippen molar-refractivity contribution in [2.24, 2.45) is 0 Å². The zero-order valence-corrected chi connectivity index (χ0v) is 15.0. The van der Waals surface area contributed by atoms with Gasteiger partial charge in [-0.2, -0.15) is 0 Å². The van der Waals surface area contributed by atoms with Crippen LogP contribution in [0.25, 0.3) is 0 Å². The molecule has 0 aliphatic carbocycles. The molecule has 3 aliphatic rings. The SMILES string of the molecule is O=C(c1cncc(N2CCCC2)n1)N1CCC2(C1)C(=O)Nc1ccccc12. The van der Waals surface area contributed by atoms with E-state index in [0.29, 0.717) is 25.2 Å². The number of benzene rings is 1. The fraction of sp³-hybridized carbons (Fsp3) is 0.400. The Morgan fingerprint density at radius 1 is 1.11 bits per heavy atom. The Bertz CT molecular complexity index is 924. The topological polar surface area (TPSA) is 78.4 Å². The number of likely N-dealkylation sites (tertiary alicyclic amines) is 1. The van der Waals surface area contributed by atoms with Crippen molar-refractivity contribution in [1.29, 1.82) is 0 Å². The standard InChI is InChI=1S/C20H21N5O2/c26-18(16-11-21-12-17(22-16)24-8-3-4-9-24)25-10-7-20(13-25)14-5-1-2-6-15(14)23-19(20)27/h1-2,5-6,11-12H,3-4,7-10,13H2,(H,23,27). The maximum Gasteiger partial charge on any atom is 0.274 e.